The minimum atomic E-state index is -0.940. The fraction of sp³-hybridized carbons (Fsp3) is 0.108. The Kier molecular flexibility index (Phi) is 8.52. The number of nitrogens with zero attached hydrogens (tertiary/aromatic N) is 4. The molecule has 1 saturated heterocycles. The van der Waals surface area contributed by atoms with Crippen molar-refractivity contribution in [3.63, 3.8) is 0 Å². The van der Waals surface area contributed by atoms with Gasteiger partial charge in [0.15, 0.2) is 4.34 Å². The Hall–Kier alpha value is -5.32. The lowest BCUT2D eigenvalue weighted by Crippen LogP contribution is -2.29. The van der Waals surface area contributed by atoms with E-state index in [1.54, 1.807) is 48.8 Å². The first kappa shape index (κ1) is 30.3. The highest BCUT2D eigenvalue weighted by atomic mass is 32.2. The summed E-state index contributed by atoms with van der Waals surface area (Å²) in [7, 11) is 0. The van der Waals surface area contributed by atoms with Crippen molar-refractivity contribution >= 4 is 56.5 Å². The second-order valence-electron chi connectivity index (χ2n) is 11.0. The summed E-state index contributed by atoms with van der Waals surface area (Å²) in [5.41, 5.74) is 4.24. The fourth-order valence-electron chi connectivity index (χ4n) is 5.63. The van der Waals surface area contributed by atoms with Gasteiger partial charge in [-0.2, -0.15) is 0 Å². The minimum Gasteiger partial charge on any atom is -0.507 e. The number of benzene rings is 4. The van der Waals surface area contributed by atoms with E-state index in [0.717, 1.165) is 22.1 Å². The number of Topliss-reactive ketones (excluding diaryl/α,β-unsaturated/α-hetero) is 1. The molecular weight excluding hydrogens is 629 g/mol. The van der Waals surface area contributed by atoms with Gasteiger partial charge in [-0.3, -0.25) is 19.5 Å². The molecule has 47 heavy (non-hydrogen) atoms. The third kappa shape index (κ3) is 6.25. The largest absolute Gasteiger partial charge is 0.507 e. The Labute approximate surface area is 279 Å². The van der Waals surface area contributed by atoms with Gasteiger partial charge in [0.2, 0.25) is 5.13 Å². The van der Waals surface area contributed by atoms with Gasteiger partial charge in [0.1, 0.15) is 18.1 Å². The van der Waals surface area contributed by atoms with E-state index in [9.17, 15) is 14.7 Å². The van der Waals surface area contributed by atoms with Crippen LogP contribution in [0.2, 0.25) is 0 Å². The molecule has 10 heteroatoms. The van der Waals surface area contributed by atoms with Crippen LogP contribution in [-0.4, -0.2) is 32.0 Å². The molecule has 1 atom stereocenters. The number of hydrogen-bond acceptors (Lipinski definition) is 9. The molecule has 7 rings (SSSR count). The molecule has 0 bridgehead atoms. The van der Waals surface area contributed by atoms with Gasteiger partial charge in [-0.25, -0.2) is 0 Å². The minimum absolute atomic E-state index is 0.0448. The zero-order valence-corrected chi connectivity index (χ0v) is 26.9. The van der Waals surface area contributed by atoms with Crippen LogP contribution in [0.5, 0.6) is 5.75 Å². The number of anilines is 1. The van der Waals surface area contributed by atoms with E-state index in [1.807, 2.05) is 43.3 Å². The smallest absolute Gasteiger partial charge is 0.301 e. The van der Waals surface area contributed by atoms with Crippen molar-refractivity contribution in [2.75, 3.05) is 4.90 Å². The number of rotatable bonds is 9. The standard InChI is InChI=1S/C37H28N4O4S2/c1-23-7-4-8-24(19-23)21-45-29-16-14-26(15-17-29)33(42)31-32(27-12-6-18-38-20-27)41(35(44)34(31)43)36-39-40-37(47-36)46-22-28-11-5-10-25-9-2-3-13-30(25)28/h2-20,32,42H,21-22H2,1H3. The van der Waals surface area contributed by atoms with E-state index < -0.39 is 17.7 Å². The molecule has 4 aromatic carbocycles. The van der Waals surface area contributed by atoms with Crippen LogP contribution in [0.25, 0.3) is 16.5 Å². The Morgan fingerprint density at radius 1 is 0.936 bits per heavy atom. The number of carbonyl (C=O) groups excluding carboxylic acids is 2. The number of amides is 1. The van der Waals surface area contributed by atoms with Gasteiger partial charge in [-0.05, 0) is 64.7 Å². The monoisotopic (exact) mass is 656 g/mol. The number of aliphatic hydroxyl groups excluding tert-OH is 1. The van der Waals surface area contributed by atoms with Crippen LogP contribution in [-0.2, 0) is 21.9 Å². The molecule has 6 aromatic rings. The van der Waals surface area contributed by atoms with Crippen LogP contribution in [0, 0.1) is 6.92 Å². The third-order valence-electron chi connectivity index (χ3n) is 7.89. The van der Waals surface area contributed by atoms with Crippen LogP contribution in [0.4, 0.5) is 5.13 Å². The number of ketones is 1. The van der Waals surface area contributed by atoms with Crippen molar-refractivity contribution in [2.45, 2.75) is 29.7 Å². The van der Waals surface area contributed by atoms with Gasteiger partial charge in [0.05, 0.1) is 11.6 Å². The van der Waals surface area contributed by atoms with E-state index in [2.05, 4.69) is 45.5 Å². The van der Waals surface area contributed by atoms with Gasteiger partial charge < -0.3 is 9.84 Å². The van der Waals surface area contributed by atoms with E-state index in [1.165, 1.54) is 33.4 Å². The van der Waals surface area contributed by atoms with E-state index in [-0.39, 0.29) is 16.5 Å². The van der Waals surface area contributed by atoms with Gasteiger partial charge >= 0.3 is 5.91 Å². The molecule has 1 aliphatic rings. The Morgan fingerprint density at radius 2 is 1.74 bits per heavy atom. The number of fused-ring (bicyclic) bond motifs is 1. The predicted octanol–water partition coefficient (Wildman–Crippen LogP) is 7.89. The molecule has 0 aliphatic carbocycles. The van der Waals surface area contributed by atoms with Gasteiger partial charge in [0, 0.05) is 23.7 Å². The van der Waals surface area contributed by atoms with Crippen molar-refractivity contribution < 1.29 is 19.4 Å². The van der Waals surface area contributed by atoms with Crippen LogP contribution in [0.1, 0.15) is 33.9 Å². The molecule has 1 fully saturated rings. The molecule has 0 spiro atoms. The molecule has 3 heterocycles. The summed E-state index contributed by atoms with van der Waals surface area (Å²) in [5, 5.41) is 22.8. The van der Waals surface area contributed by atoms with Crippen molar-refractivity contribution in [1.29, 1.82) is 0 Å². The quantitative estimate of drug-likeness (QED) is 0.0551. The summed E-state index contributed by atoms with van der Waals surface area (Å²) in [6.07, 6.45) is 3.19. The second-order valence-corrected chi connectivity index (χ2v) is 13.2. The number of aryl methyl sites for hydroxylation is 1. The molecule has 0 radical (unpaired) electrons. The van der Waals surface area contributed by atoms with Crippen LogP contribution in [0.15, 0.2) is 125 Å². The molecule has 1 unspecified atom stereocenters. The number of aromatic nitrogens is 3. The summed E-state index contributed by atoms with van der Waals surface area (Å²) < 4.78 is 6.58. The average molecular weight is 657 g/mol. The predicted molar refractivity (Wildman–Crippen MR) is 184 cm³/mol. The van der Waals surface area contributed by atoms with Crippen molar-refractivity contribution in [2.24, 2.45) is 0 Å². The summed E-state index contributed by atoms with van der Waals surface area (Å²) in [6, 6.07) is 31.8. The maximum Gasteiger partial charge on any atom is 0.301 e. The Morgan fingerprint density at radius 3 is 2.55 bits per heavy atom. The highest BCUT2D eigenvalue weighted by Crippen LogP contribution is 2.44. The molecule has 1 amide bonds. The lowest BCUT2D eigenvalue weighted by Gasteiger charge is -2.22. The Bertz CT molecular complexity index is 2120. The first-order valence-corrected chi connectivity index (χ1v) is 16.7. The fourth-order valence-corrected chi connectivity index (χ4v) is 7.50. The molecular formula is C37H28N4O4S2. The number of aliphatic hydroxyl groups is 1. The number of ether oxygens (including phenoxy) is 1. The topological polar surface area (TPSA) is 106 Å². The molecule has 0 saturated carbocycles. The molecule has 232 valence electrons. The van der Waals surface area contributed by atoms with Crippen molar-refractivity contribution in [3.8, 4) is 5.75 Å². The molecule has 1 N–H and O–H groups in total. The van der Waals surface area contributed by atoms with Crippen LogP contribution < -0.4 is 9.64 Å². The zero-order valence-electron chi connectivity index (χ0n) is 25.2. The number of hydrogen-bond donors (Lipinski definition) is 1. The van der Waals surface area contributed by atoms with Crippen LogP contribution in [0.3, 0.4) is 0 Å². The maximum atomic E-state index is 13.6. The number of thioether (sulfide) groups is 1. The molecule has 2 aromatic heterocycles. The Balaban J connectivity index is 1.16. The van der Waals surface area contributed by atoms with Gasteiger partial charge in [0.25, 0.3) is 5.78 Å². The second kappa shape index (κ2) is 13.2. The average Bonchev–Trinajstić information content (AvgIpc) is 3.68. The summed E-state index contributed by atoms with van der Waals surface area (Å²) in [4.78, 5) is 32.7. The lowest BCUT2D eigenvalue weighted by molar-refractivity contribution is -0.132. The first-order chi connectivity index (χ1) is 23.0. The van der Waals surface area contributed by atoms with Crippen molar-refractivity contribution in [3.05, 3.63) is 149 Å². The maximum absolute atomic E-state index is 13.6. The first-order valence-electron chi connectivity index (χ1n) is 14.9. The molecule has 1 aliphatic heterocycles. The normalized spacial score (nSPS) is 15.8. The highest BCUT2D eigenvalue weighted by Gasteiger charge is 2.48. The summed E-state index contributed by atoms with van der Waals surface area (Å²) in [6.45, 7) is 2.42. The number of pyridine rings is 1. The number of carbonyl (C=O) groups is 2. The zero-order chi connectivity index (χ0) is 32.3. The van der Waals surface area contributed by atoms with Crippen LogP contribution >= 0.6 is 23.1 Å². The summed E-state index contributed by atoms with van der Waals surface area (Å²) in [5.74, 6) is -0.628. The van der Waals surface area contributed by atoms with E-state index in [0.29, 0.717) is 33.6 Å². The SMILES string of the molecule is Cc1cccc(COc2ccc(C(O)=C3C(=O)C(=O)N(c4nnc(SCc5cccc6ccccc56)s4)C3c3cccnc3)cc2)c1. The van der Waals surface area contributed by atoms with E-state index >= 15 is 0 Å². The third-order valence-corrected chi connectivity index (χ3v) is 10.00. The lowest BCUT2D eigenvalue weighted by atomic mass is 9.96. The highest BCUT2D eigenvalue weighted by molar-refractivity contribution is 8.00. The molecule has 8 nitrogen and oxygen atoms in total. The van der Waals surface area contributed by atoms with Gasteiger partial charge in [-0.1, -0.05) is 101 Å². The van der Waals surface area contributed by atoms with Crippen molar-refractivity contribution in [1.82, 2.24) is 15.2 Å². The van der Waals surface area contributed by atoms with Gasteiger partial charge in [-0.15, -0.1) is 10.2 Å². The van der Waals surface area contributed by atoms with E-state index in [4.69, 9.17) is 4.74 Å². The summed E-state index contributed by atoms with van der Waals surface area (Å²) >= 11 is 2.74.